The molecule has 1 aliphatic heterocycles. The molecule has 15 heavy (non-hydrogen) atoms. The van der Waals surface area contributed by atoms with Crippen molar-refractivity contribution in [3.63, 3.8) is 0 Å². The van der Waals surface area contributed by atoms with Gasteiger partial charge in [-0.15, -0.1) is 0 Å². The van der Waals surface area contributed by atoms with Crippen LogP contribution in [0.5, 0.6) is 0 Å². The maximum absolute atomic E-state index is 14.7. The lowest BCUT2D eigenvalue weighted by Crippen LogP contribution is -2.30. The predicted octanol–water partition coefficient (Wildman–Crippen LogP) is 2.92. The zero-order valence-electron chi connectivity index (χ0n) is 13.0. The van der Waals surface area contributed by atoms with Crippen molar-refractivity contribution in [2.24, 2.45) is 0 Å². The highest BCUT2D eigenvalue weighted by atomic mass is 19.1. The average Bonchev–Trinajstić information content (AvgIpc) is 2.25. The Labute approximate surface area is 95.1 Å². The first kappa shape index (κ1) is 6.59. The Hall–Kier alpha value is -0.960. The summed E-state index contributed by atoms with van der Waals surface area (Å²) >= 11 is 0. The van der Waals surface area contributed by atoms with E-state index in [1.807, 2.05) is 13.8 Å². The van der Waals surface area contributed by atoms with Crippen LogP contribution in [0.4, 0.5) is 4.39 Å². The van der Waals surface area contributed by atoms with E-state index in [0.29, 0.717) is 0 Å². The highest BCUT2D eigenvalue weighted by Crippen LogP contribution is 2.33. The molecule has 82 valence electrons. The van der Waals surface area contributed by atoms with Crippen LogP contribution in [0, 0.1) is 0 Å². The van der Waals surface area contributed by atoms with Gasteiger partial charge in [-0.2, -0.15) is 0 Å². The minimum atomic E-state index is -2.75. The molecule has 0 saturated heterocycles. The molecule has 1 aromatic rings. The predicted molar refractivity (Wildman–Crippen MR) is 56.4 cm³/mol. The van der Waals surface area contributed by atoms with Crippen LogP contribution in [0.25, 0.3) is 0 Å². The van der Waals surface area contributed by atoms with E-state index >= 15 is 0 Å². The van der Waals surface area contributed by atoms with Gasteiger partial charge in [-0.3, -0.25) is 4.98 Å². The van der Waals surface area contributed by atoms with Gasteiger partial charge in [0.1, 0.15) is 0 Å². The molecule has 0 aliphatic carbocycles. The van der Waals surface area contributed by atoms with E-state index in [2.05, 4.69) is 9.72 Å². The van der Waals surface area contributed by atoms with E-state index in [-0.39, 0.29) is 17.2 Å². The second-order valence-electron chi connectivity index (χ2n) is 4.13. The highest BCUT2D eigenvalue weighted by molar-refractivity contribution is 5.32. The molecule has 1 aromatic heterocycles. The monoisotopic (exact) mass is 213 g/mol. The quantitative estimate of drug-likeness (QED) is 0.715. The molecular weight excluding hydrogens is 193 g/mol. The van der Waals surface area contributed by atoms with Crippen molar-refractivity contribution in [3.8, 4) is 0 Å². The zero-order valence-corrected chi connectivity index (χ0v) is 8.97. The van der Waals surface area contributed by atoms with Crippen LogP contribution >= 0.6 is 0 Å². The van der Waals surface area contributed by atoms with E-state index < -0.39 is 18.8 Å². The molecule has 2 heterocycles. The number of halogens is 1. The lowest BCUT2D eigenvalue weighted by Gasteiger charge is -2.28. The van der Waals surface area contributed by atoms with Gasteiger partial charge in [-0.05, 0) is 24.5 Å². The minimum absolute atomic E-state index is 0.0834. The summed E-state index contributed by atoms with van der Waals surface area (Å²) in [5.41, 5.74) is -2.00. The number of alkyl halides is 1. The van der Waals surface area contributed by atoms with Crippen molar-refractivity contribution < 1.29 is 14.6 Å². The molecule has 0 radical (unpaired) electrons. The van der Waals surface area contributed by atoms with E-state index in [0.717, 1.165) is 12.5 Å². The molecule has 0 saturated carbocycles. The zero-order chi connectivity index (χ0) is 14.6. The first-order valence-corrected chi connectivity index (χ1v) is 4.89. The fourth-order valence-electron chi connectivity index (χ4n) is 1.46. The average molecular weight is 213 g/mol. The summed E-state index contributed by atoms with van der Waals surface area (Å²) in [5, 5.41) is 0. The lowest BCUT2D eigenvalue weighted by atomic mass is 9.92. The number of hydrogen-bond donors (Lipinski definition) is 0. The van der Waals surface area contributed by atoms with E-state index in [4.69, 9.17) is 5.48 Å². The summed E-state index contributed by atoms with van der Waals surface area (Å²) in [6.45, 7) is -0.337. The molecule has 2 rings (SSSR count). The Morgan fingerprint density at radius 1 is 1.67 bits per heavy atom. The molecule has 0 aromatic carbocycles. The molecule has 2 nitrogen and oxygen atoms in total. The molecule has 1 aliphatic rings. The topological polar surface area (TPSA) is 22.1 Å². The smallest absolute Gasteiger partial charge is 0.158 e. The van der Waals surface area contributed by atoms with Crippen LogP contribution in [0.1, 0.15) is 49.0 Å². The lowest BCUT2D eigenvalue weighted by molar-refractivity contribution is -0.00695. The number of aromatic nitrogens is 1. The molecule has 0 spiro atoms. The SMILES string of the molecule is [2H]C1([2H])OC([2H])([2H])C(C)(F)c2cc(C(C)C)cnc21. The summed E-state index contributed by atoms with van der Waals surface area (Å²) in [7, 11) is 0. The third kappa shape index (κ3) is 1.88. The van der Waals surface area contributed by atoms with Crippen LogP contribution in [-0.2, 0) is 17.0 Å². The third-order valence-corrected chi connectivity index (χ3v) is 2.47. The Morgan fingerprint density at radius 3 is 3.07 bits per heavy atom. The molecule has 1 atom stereocenters. The normalized spacial score (nSPS) is 36.1. The number of fused-ring (bicyclic) bond motifs is 1. The molecule has 0 amide bonds. The second kappa shape index (κ2) is 3.56. The number of rotatable bonds is 1. The van der Waals surface area contributed by atoms with E-state index in [1.54, 1.807) is 0 Å². The third-order valence-electron chi connectivity index (χ3n) is 2.47. The Kier molecular flexibility index (Phi) is 1.56. The van der Waals surface area contributed by atoms with Crippen molar-refractivity contribution in [1.82, 2.24) is 4.98 Å². The first-order valence-electron chi connectivity index (χ1n) is 6.89. The van der Waals surface area contributed by atoms with Crippen molar-refractivity contribution in [2.75, 3.05) is 6.56 Å². The molecule has 0 bridgehead atoms. The number of pyridine rings is 1. The van der Waals surface area contributed by atoms with E-state index in [9.17, 15) is 4.39 Å². The van der Waals surface area contributed by atoms with Crippen LogP contribution in [0.3, 0.4) is 0 Å². The molecule has 1 unspecified atom stereocenters. The van der Waals surface area contributed by atoms with Gasteiger partial charge >= 0.3 is 0 Å². The molecular formula is C12H16FNO. The van der Waals surface area contributed by atoms with E-state index in [1.165, 1.54) is 12.3 Å². The van der Waals surface area contributed by atoms with Crippen molar-refractivity contribution in [3.05, 3.63) is 29.1 Å². The fourth-order valence-corrected chi connectivity index (χ4v) is 1.46. The molecule has 0 fully saturated rings. The summed E-state index contributed by atoms with van der Waals surface area (Å²) < 4.78 is 49.9. The maximum Gasteiger partial charge on any atom is 0.158 e. The largest absolute Gasteiger partial charge is 0.371 e. The van der Waals surface area contributed by atoms with Gasteiger partial charge in [0, 0.05) is 11.8 Å². The Bertz CT molecular complexity index is 516. The van der Waals surface area contributed by atoms with Gasteiger partial charge in [-0.1, -0.05) is 13.8 Å². The summed E-state index contributed by atoms with van der Waals surface area (Å²) in [5.74, 6) is 0.0909. The van der Waals surface area contributed by atoms with Crippen molar-refractivity contribution in [1.29, 1.82) is 0 Å². The maximum atomic E-state index is 14.7. The van der Waals surface area contributed by atoms with Gasteiger partial charge in [0.15, 0.2) is 5.67 Å². The Balaban J connectivity index is 2.71. The standard InChI is InChI=1S/C12H16FNO/c1-8(2)9-4-10-11(14-5-9)6-15-7-12(10,3)13/h4-5,8H,6-7H2,1-3H3/i6D2,7D2. The second-order valence-corrected chi connectivity index (χ2v) is 4.13. The molecule has 0 N–H and O–H groups in total. The highest BCUT2D eigenvalue weighted by Gasteiger charge is 2.33. The first-order chi connectivity index (χ1) is 8.49. The number of hydrogen-bond acceptors (Lipinski definition) is 2. The van der Waals surface area contributed by atoms with Gasteiger partial charge < -0.3 is 4.74 Å². The van der Waals surface area contributed by atoms with Gasteiger partial charge in [0.2, 0.25) is 0 Å². The van der Waals surface area contributed by atoms with Gasteiger partial charge in [-0.25, -0.2) is 4.39 Å². The molecule has 3 heteroatoms. The number of nitrogens with zero attached hydrogens (tertiary/aromatic N) is 1. The minimum Gasteiger partial charge on any atom is -0.371 e. The number of ether oxygens (including phenoxy) is 1. The van der Waals surface area contributed by atoms with Gasteiger partial charge in [0.25, 0.3) is 0 Å². The van der Waals surface area contributed by atoms with Gasteiger partial charge in [0.05, 0.1) is 24.3 Å². The van der Waals surface area contributed by atoms with Crippen LogP contribution in [0.2, 0.25) is 0 Å². The van der Waals surface area contributed by atoms with Crippen LogP contribution < -0.4 is 0 Å². The summed E-state index contributed by atoms with van der Waals surface area (Å²) in [6.07, 6.45) is 1.47. The summed E-state index contributed by atoms with van der Waals surface area (Å²) in [6, 6.07) is 1.48. The summed E-state index contributed by atoms with van der Waals surface area (Å²) in [4.78, 5) is 3.95. The van der Waals surface area contributed by atoms with Crippen molar-refractivity contribution >= 4 is 0 Å². The van der Waals surface area contributed by atoms with Crippen molar-refractivity contribution in [2.45, 2.75) is 38.9 Å². The van der Waals surface area contributed by atoms with Crippen LogP contribution in [-0.4, -0.2) is 11.5 Å². The Morgan fingerprint density at radius 2 is 2.40 bits per heavy atom. The van der Waals surface area contributed by atoms with Crippen LogP contribution in [0.15, 0.2) is 12.3 Å². The fraction of sp³-hybridized carbons (Fsp3) is 0.583.